The minimum absolute atomic E-state index is 0.0445. The molecule has 7 nitrogen and oxygen atoms in total. The average molecular weight is 349 g/mol. The first-order valence-electron chi connectivity index (χ1n) is 8.25. The summed E-state index contributed by atoms with van der Waals surface area (Å²) in [6.45, 7) is 0. The Morgan fingerprint density at radius 1 is 1.04 bits per heavy atom. The van der Waals surface area contributed by atoms with Crippen molar-refractivity contribution in [2.24, 2.45) is 0 Å². The number of nitrogens with zero attached hydrogens (tertiary/aromatic N) is 3. The van der Waals surface area contributed by atoms with Gasteiger partial charge in [-0.25, -0.2) is 4.68 Å². The summed E-state index contributed by atoms with van der Waals surface area (Å²) in [5.74, 6) is -0.392. The number of amides is 2. The van der Waals surface area contributed by atoms with Crippen molar-refractivity contribution in [2.75, 3.05) is 12.4 Å². The number of hydrogen-bond acceptors (Lipinski definition) is 4. The topological polar surface area (TPSA) is 88.9 Å². The highest BCUT2D eigenvalue weighted by Gasteiger charge is 2.14. The maximum absolute atomic E-state index is 12.5. The molecule has 26 heavy (non-hydrogen) atoms. The second kappa shape index (κ2) is 8.06. The summed E-state index contributed by atoms with van der Waals surface area (Å²) in [5.41, 5.74) is 2.59. The summed E-state index contributed by atoms with van der Waals surface area (Å²) >= 11 is 0. The number of nitrogens with one attached hydrogen (secondary N) is 2. The van der Waals surface area contributed by atoms with Crippen molar-refractivity contribution in [3.05, 3.63) is 72.1 Å². The first-order valence-corrected chi connectivity index (χ1v) is 8.25. The predicted octanol–water partition coefficient (Wildman–Crippen LogP) is 2.20. The molecular formula is C19H19N5O2. The van der Waals surface area contributed by atoms with Crippen LogP contribution in [0.2, 0.25) is 0 Å². The molecule has 3 aromatic rings. The fourth-order valence-corrected chi connectivity index (χ4v) is 2.49. The van der Waals surface area contributed by atoms with Crippen LogP contribution in [-0.4, -0.2) is 33.9 Å². The summed E-state index contributed by atoms with van der Waals surface area (Å²) < 4.78 is 1.55. The summed E-state index contributed by atoms with van der Waals surface area (Å²) in [6, 6.07) is 16.8. The third kappa shape index (κ3) is 4.13. The van der Waals surface area contributed by atoms with Gasteiger partial charge in [-0.1, -0.05) is 41.6 Å². The van der Waals surface area contributed by atoms with Gasteiger partial charge in [-0.3, -0.25) is 9.59 Å². The quantitative estimate of drug-likeness (QED) is 0.714. The van der Waals surface area contributed by atoms with Crippen LogP contribution < -0.4 is 10.6 Å². The first kappa shape index (κ1) is 17.3. The molecule has 2 aromatic carbocycles. The molecule has 0 unspecified atom stereocenters. The fraction of sp³-hybridized carbons (Fsp3) is 0.158. The molecule has 2 amide bonds. The SMILES string of the molecule is CNC(=O)CCc1ccccc1NC(=O)c1cn(-c2ccccc2)nn1. The largest absolute Gasteiger partial charge is 0.359 e. The Balaban J connectivity index is 1.73. The zero-order valence-corrected chi connectivity index (χ0v) is 14.3. The van der Waals surface area contributed by atoms with Crippen LogP contribution in [0.4, 0.5) is 5.69 Å². The van der Waals surface area contributed by atoms with Gasteiger partial charge in [-0.2, -0.15) is 0 Å². The van der Waals surface area contributed by atoms with Crippen LogP contribution in [0.15, 0.2) is 60.8 Å². The average Bonchev–Trinajstić information content (AvgIpc) is 3.18. The molecule has 0 radical (unpaired) electrons. The first-order chi connectivity index (χ1) is 12.7. The molecule has 0 bridgehead atoms. The summed E-state index contributed by atoms with van der Waals surface area (Å²) in [4.78, 5) is 24.0. The Kier molecular flexibility index (Phi) is 5.38. The lowest BCUT2D eigenvalue weighted by molar-refractivity contribution is -0.120. The van der Waals surface area contributed by atoms with Crippen LogP contribution >= 0.6 is 0 Å². The second-order valence-corrected chi connectivity index (χ2v) is 5.67. The van der Waals surface area contributed by atoms with Crippen molar-refractivity contribution in [1.82, 2.24) is 20.3 Å². The van der Waals surface area contributed by atoms with Crippen LogP contribution in [-0.2, 0) is 11.2 Å². The monoisotopic (exact) mass is 349 g/mol. The van der Waals surface area contributed by atoms with Gasteiger partial charge in [0.2, 0.25) is 5.91 Å². The van der Waals surface area contributed by atoms with Crippen LogP contribution in [0.5, 0.6) is 0 Å². The fourth-order valence-electron chi connectivity index (χ4n) is 2.49. The predicted molar refractivity (Wildman–Crippen MR) is 98.1 cm³/mol. The maximum Gasteiger partial charge on any atom is 0.277 e. The molecule has 0 aliphatic carbocycles. The van der Waals surface area contributed by atoms with Gasteiger partial charge in [0.05, 0.1) is 11.9 Å². The highest BCUT2D eigenvalue weighted by molar-refractivity contribution is 6.03. The van der Waals surface area contributed by atoms with E-state index in [1.54, 1.807) is 24.0 Å². The lowest BCUT2D eigenvalue weighted by Crippen LogP contribution is -2.19. The summed E-state index contributed by atoms with van der Waals surface area (Å²) in [5, 5.41) is 13.4. The van der Waals surface area contributed by atoms with Gasteiger partial charge in [0, 0.05) is 19.2 Å². The van der Waals surface area contributed by atoms with E-state index in [9.17, 15) is 9.59 Å². The Bertz CT molecular complexity index is 905. The van der Waals surface area contributed by atoms with Crippen LogP contribution in [0, 0.1) is 0 Å². The van der Waals surface area contributed by atoms with Crippen LogP contribution in [0.1, 0.15) is 22.5 Å². The van der Waals surface area contributed by atoms with Crippen molar-refractivity contribution in [2.45, 2.75) is 12.8 Å². The Hall–Kier alpha value is -3.48. The van der Waals surface area contributed by atoms with Gasteiger partial charge in [0.25, 0.3) is 5.91 Å². The van der Waals surface area contributed by atoms with Gasteiger partial charge in [0.1, 0.15) is 0 Å². The molecule has 132 valence electrons. The molecule has 0 saturated heterocycles. The van der Waals surface area contributed by atoms with Crippen molar-refractivity contribution < 1.29 is 9.59 Å². The van der Waals surface area contributed by atoms with E-state index < -0.39 is 0 Å². The number of rotatable bonds is 6. The van der Waals surface area contributed by atoms with Crippen molar-refractivity contribution in [3.63, 3.8) is 0 Å². The number of aromatic nitrogens is 3. The summed E-state index contributed by atoms with van der Waals surface area (Å²) in [6.07, 6.45) is 2.47. The van der Waals surface area contributed by atoms with E-state index >= 15 is 0 Å². The molecule has 0 aliphatic rings. The van der Waals surface area contributed by atoms with E-state index in [0.29, 0.717) is 18.5 Å². The van der Waals surface area contributed by atoms with Gasteiger partial charge in [0.15, 0.2) is 5.69 Å². The lowest BCUT2D eigenvalue weighted by Gasteiger charge is -2.09. The highest BCUT2D eigenvalue weighted by atomic mass is 16.2. The Morgan fingerprint density at radius 3 is 2.54 bits per heavy atom. The smallest absolute Gasteiger partial charge is 0.277 e. The normalized spacial score (nSPS) is 10.3. The number of anilines is 1. The summed E-state index contributed by atoms with van der Waals surface area (Å²) in [7, 11) is 1.60. The van der Waals surface area contributed by atoms with Crippen LogP contribution in [0.25, 0.3) is 5.69 Å². The molecule has 0 saturated carbocycles. The second-order valence-electron chi connectivity index (χ2n) is 5.67. The molecule has 1 heterocycles. The van der Waals surface area contributed by atoms with Crippen molar-refractivity contribution in [1.29, 1.82) is 0 Å². The molecule has 7 heteroatoms. The number of para-hydroxylation sites is 2. The minimum Gasteiger partial charge on any atom is -0.359 e. The van der Waals surface area contributed by atoms with E-state index in [-0.39, 0.29) is 17.5 Å². The van der Waals surface area contributed by atoms with Gasteiger partial charge in [-0.15, -0.1) is 5.10 Å². The van der Waals surface area contributed by atoms with Gasteiger partial charge < -0.3 is 10.6 Å². The van der Waals surface area contributed by atoms with Crippen molar-refractivity contribution >= 4 is 17.5 Å². The zero-order valence-electron chi connectivity index (χ0n) is 14.3. The molecule has 1 aromatic heterocycles. The molecule has 0 fully saturated rings. The van der Waals surface area contributed by atoms with Crippen LogP contribution in [0.3, 0.4) is 0 Å². The van der Waals surface area contributed by atoms with Gasteiger partial charge >= 0.3 is 0 Å². The van der Waals surface area contributed by atoms with E-state index in [0.717, 1.165) is 11.3 Å². The molecule has 0 aliphatic heterocycles. The van der Waals surface area contributed by atoms with E-state index in [4.69, 9.17) is 0 Å². The minimum atomic E-state index is -0.348. The number of benzene rings is 2. The lowest BCUT2D eigenvalue weighted by atomic mass is 10.1. The molecule has 2 N–H and O–H groups in total. The number of carbonyl (C=O) groups excluding carboxylic acids is 2. The zero-order chi connectivity index (χ0) is 18.4. The Labute approximate surface area is 151 Å². The third-order valence-corrected chi connectivity index (χ3v) is 3.91. The standard InChI is InChI=1S/C19H19N5O2/c1-20-18(25)12-11-14-7-5-6-10-16(14)21-19(26)17-13-24(23-22-17)15-8-3-2-4-9-15/h2-10,13H,11-12H2,1H3,(H,20,25)(H,21,26). The van der Waals surface area contributed by atoms with E-state index in [1.165, 1.54) is 0 Å². The molecule has 0 atom stereocenters. The Morgan fingerprint density at radius 2 is 1.77 bits per heavy atom. The number of aryl methyl sites for hydroxylation is 1. The number of hydrogen-bond donors (Lipinski definition) is 2. The van der Waals surface area contributed by atoms with Gasteiger partial charge in [-0.05, 0) is 30.2 Å². The molecule has 3 rings (SSSR count). The highest BCUT2D eigenvalue weighted by Crippen LogP contribution is 2.18. The van der Waals surface area contributed by atoms with E-state index in [1.807, 2.05) is 48.5 Å². The number of carbonyl (C=O) groups is 2. The molecule has 0 spiro atoms. The van der Waals surface area contributed by atoms with Crippen molar-refractivity contribution in [3.8, 4) is 5.69 Å². The molecular weight excluding hydrogens is 330 g/mol. The van der Waals surface area contributed by atoms with E-state index in [2.05, 4.69) is 20.9 Å². The third-order valence-electron chi connectivity index (χ3n) is 3.91. The maximum atomic E-state index is 12.5.